The second-order valence-corrected chi connectivity index (χ2v) is 22.7. The molecule has 0 radical (unpaired) electrons. The second kappa shape index (κ2) is 23.7. The fraction of sp³-hybridized carbons (Fsp3) is 0.500. The van der Waals surface area contributed by atoms with E-state index in [1.807, 2.05) is 54.9 Å². The van der Waals surface area contributed by atoms with Crippen LogP contribution in [0.5, 0.6) is 11.5 Å². The van der Waals surface area contributed by atoms with Gasteiger partial charge in [0.05, 0.1) is 12.2 Å². The first-order valence-corrected chi connectivity index (χ1v) is 26.5. The van der Waals surface area contributed by atoms with Crippen molar-refractivity contribution >= 4 is 27.8 Å². The maximum Gasteiger partial charge on any atom is 0.150 e. The van der Waals surface area contributed by atoms with Gasteiger partial charge in [-0.3, -0.25) is 19.7 Å². The van der Waals surface area contributed by atoms with Crippen LogP contribution in [0.25, 0.3) is 21.5 Å². The number of carbonyl (C=O) groups is 1. The van der Waals surface area contributed by atoms with Crippen molar-refractivity contribution in [2.45, 2.75) is 149 Å². The van der Waals surface area contributed by atoms with Crippen molar-refractivity contribution in [1.29, 1.82) is 0 Å². The maximum absolute atomic E-state index is 10.9. The Kier molecular flexibility index (Phi) is 17.2. The van der Waals surface area contributed by atoms with Gasteiger partial charge in [-0.05, 0) is 214 Å². The van der Waals surface area contributed by atoms with E-state index in [1.165, 1.54) is 91.9 Å². The monoisotopic (exact) mass is 929 g/mol. The van der Waals surface area contributed by atoms with Gasteiger partial charge in [0.1, 0.15) is 17.8 Å². The maximum atomic E-state index is 10.9. The average Bonchev–Trinajstić information content (AvgIpc) is 3.37. The molecule has 2 aliphatic heterocycles. The molecule has 0 spiro atoms. The molecule has 2 aliphatic carbocycles. The first kappa shape index (κ1) is 50.3. The predicted octanol–water partition coefficient (Wildman–Crippen LogP) is 14.8. The minimum absolute atomic E-state index is 0.334. The van der Waals surface area contributed by atoms with Crippen molar-refractivity contribution in [3.8, 4) is 11.5 Å². The Balaban J connectivity index is 0.000000157. The highest BCUT2D eigenvalue weighted by Crippen LogP contribution is 2.40. The Morgan fingerprint density at radius 3 is 1.48 bits per heavy atom. The summed E-state index contributed by atoms with van der Waals surface area (Å²) in [5.41, 5.74) is 5.46. The van der Waals surface area contributed by atoms with Crippen LogP contribution in [0.1, 0.15) is 158 Å². The van der Waals surface area contributed by atoms with E-state index < -0.39 is 0 Å². The normalized spacial score (nSPS) is 21.9. The second-order valence-electron chi connectivity index (χ2n) is 22.7. The van der Waals surface area contributed by atoms with E-state index in [4.69, 9.17) is 9.47 Å². The molecule has 1 N–H and O–H groups in total. The van der Waals surface area contributed by atoms with Gasteiger partial charge in [0.2, 0.25) is 0 Å². The molecular formula is C62H80N4O3. The summed E-state index contributed by atoms with van der Waals surface area (Å²) in [5, 5.41) is 8.15. The molecule has 6 aromatic rings. The molecule has 4 fully saturated rings. The molecule has 0 amide bonds. The van der Waals surface area contributed by atoms with Gasteiger partial charge in [-0.15, -0.1) is 0 Å². The number of ether oxygens (including phenoxy) is 2. The van der Waals surface area contributed by atoms with Crippen LogP contribution in [0.3, 0.4) is 0 Å². The van der Waals surface area contributed by atoms with Crippen LogP contribution < -0.4 is 14.8 Å². The summed E-state index contributed by atoms with van der Waals surface area (Å²) in [5.74, 6) is 4.89. The van der Waals surface area contributed by atoms with E-state index in [1.54, 1.807) is 0 Å². The van der Waals surface area contributed by atoms with E-state index in [9.17, 15) is 4.79 Å². The van der Waals surface area contributed by atoms with E-state index in [-0.39, 0.29) is 0 Å². The van der Waals surface area contributed by atoms with Gasteiger partial charge >= 0.3 is 0 Å². The number of fused-ring (bicyclic) bond motifs is 2. The summed E-state index contributed by atoms with van der Waals surface area (Å²) in [6, 6.07) is 37.9. The average molecular weight is 929 g/mol. The molecule has 0 atom stereocenters. The lowest BCUT2D eigenvalue weighted by Crippen LogP contribution is -2.32. The van der Waals surface area contributed by atoms with Crippen molar-refractivity contribution < 1.29 is 14.3 Å². The SMILES string of the molecule is CC(C)(C)C1CCC(Oc2ccc3cc(C=O)ccc3c2)CC1.CC(C)(C)C1CCC(Oc2ccc3cc(CN4CCC(c5ccccn5)CC4)ccc3c2)CC1.c1ccc(C2CCNCC2)nc1. The molecule has 2 aromatic heterocycles. The smallest absolute Gasteiger partial charge is 0.150 e. The van der Waals surface area contributed by atoms with Crippen molar-refractivity contribution in [2.75, 3.05) is 26.2 Å². The molecular weight excluding hydrogens is 849 g/mol. The van der Waals surface area contributed by atoms with Crippen LogP contribution in [-0.2, 0) is 6.54 Å². The molecule has 4 aromatic carbocycles. The van der Waals surface area contributed by atoms with Crippen molar-refractivity contribution in [2.24, 2.45) is 22.7 Å². The van der Waals surface area contributed by atoms with E-state index in [2.05, 4.69) is 128 Å². The zero-order valence-electron chi connectivity index (χ0n) is 42.7. The number of aldehydes is 1. The number of pyridine rings is 2. The van der Waals surface area contributed by atoms with Crippen LogP contribution in [0.15, 0.2) is 122 Å². The van der Waals surface area contributed by atoms with Crippen molar-refractivity contribution in [3.63, 3.8) is 0 Å². The van der Waals surface area contributed by atoms with Gasteiger partial charge in [0.15, 0.2) is 0 Å². The highest BCUT2D eigenvalue weighted by atomic mass is 16.5. The number of piperidine rings is 2. The summed E-state index contributed by atoms with van der Waals surface area (Å²) >= 11 is 0. The number of benzene rings is 4. The molecule has 0 unspecified atom stereocenters. The van der Waals surface area contributed by atoms with E-state index in [0.717, 1.165) is 86.0 Å². The third-order valence-corrected chi connectivity index (χ3v) is 15.8. The van der Waals surface area contributed by atoms with Gasteiger partial charge in [0.25, 0.3) is 0 Å². The van der Waals surface area contributed by atoms with Gasteiger partial charge in [-0.2, -0.15) is 0 Å². The van der Waals surface area contributed by atoms with Crippen LogP contribution in [-0.4, -0.2) is 59.5 Å². The molecule has 366 valence electrons. The van der Waals surface area contributed by atoms with Gasteiger partial charge in [0, 0.05) is 47.7 Å². The zero-order chi connectivity index (χ0) is 48.2. The molecule has 10 rings (SSSR count). The topological polar surface area (TPSA) is 76.6 Å². The molecule has 69 heavy (non-hydrogen) atoms. The van der Waals surface area contributed by atoms with Crippen LogP contribution in [0.4, 0.5) is 0 Å². The third kappa shape index (κ3) is 14.5. The fourth-order valence-electron chi connectivity index (χ4n) is 11.3. The Morgan fingerprint density at radius 2 is 1.00 bits per heavy atom. The summed E-state index contributed by atoms with van der Waals surface area (Å²) < 4.78 is 12.6. The van der Waals surface area contributed by atoms with E-state index in [0.29, 0.717) is 40.4 Å². The summed E-state index contributed by atoms with van der Waals surface area (Å²) in [4.78, 5) is 22.4. The molecule has 7 heteroatoms. The standard InChI is InChI=1S/C31H40N2O.C21H26O2.C10H14N2/c1-31(2,3)27-10-13-28(14-11-27)34-29-12-9-25-20-23(7-8-26(25)21-29)22-33-18-15-24(16-19-33)30-6-4-5-17-32-30;1-21(2,3)18-7-10-19(11-8-18)23-20-9-6-16-12-15(14-22)4-5-17(16)13-20;1-2-6-12-10(3-1)9-4-7-11-8-5-9/h4-9,12,17,20-21,24,27-28H,10-11,13-16,18-19,22H2,1-3H3;4-6,9,12-14,18-19H,7-8,10-11H2,1-3H3;1-3,6,9,11H,4-5,7-8H2. The lowest BCUT2D eigenvalue weighted by atomic mass is 9.72. The lowest BCUT2D eigenvalue weighted by molar-refractivity contribution is 0.0881. The van der Waals surface area contributed by atoms with Crippen molar-refractivity contribution in [1.82, 2.24) is 20.2 Å². The predicted molar refractivity (Wildman–Crippen MR) is 286 cm³/mol. The Bertz CT molecular complexity index is 2500. The Hall–Kier alpha value is -5.11. The first-order valence-electron chi connectivity index (χ1n) is 26.5. The quantitative estimate of drug-likeness (QED) is 0.145. The number of hydrogen-bond donors (Lipinski definition) is 1. The van der Waals surface area contributed by atoms with Crippen LogP contribution in [0, 0.1) is 22.7 Å². The van der Waals surface area contributed by atoms with Gasteiger partial charge in [-0.1, -0.05) is 90.1 Å². The summed E-state index contributed by atoms with van der Waals surface area (Å²) in [6.07, 6.45) is 20.0. The third-order valence-electron chi connectivity index (χ3n) is 15.8. The Morgan fingerprint density at radius 1 is 0.536 bits per heavy atom. The van der Waals surface area contributed by atoms with Crippen LogP contribution >= 0.6 is 0 Å². The zero-order valence-corrected chi connectivity index (χ0v) is 42.7. The van der Waals surface area contributed by atoms with Gasteiger partial charge < -0.3 is 14.8 Å². The number of rotatable bonds is 9. The minimum atomic E-state index is 0.334. The largest absolute Gasteiger partial charge is 0.490 e. The minimum Gasteiger partial charge on any atom is -0.490 e. The van der Waals surface area contributed by atoms with E-state index >= 15 is 0 Å². The number of likely N-dealkylation sites (tertiary alicyclic amines) is 1. The number of carbonyl (C=O) groups excluding carboxylic acids is 1. The fourth-order valence-corrected chi connectivity index (χ4v) is 11.3. The summed E-state index contributed by atoms with van der Waals surface area (Å²) in [6.45, 7) is 19.7. The number of nitrogens with zero attached hydrogens (tertiary/aromatic N) is 3. The molecule has 2 saturated heterocycles. The number of hydrogen-bond acceptors (Lipinski definition) is 7. The van der Waals surface area contributed by atoms with Gasteiger partial charge in [-0.25, -0.2) is 0 Å². The highest BCUT2D eigenvalue weighted by Gasteiger charge is 2.32. The molecule has 4 aliphatic rings. The van der Waals surface area contributed by atoms with Crippen LogP contribution in [0.2, 0.25) is 0 Å². The molecule has 7 nitrogen and oxygen atoms in total. The number of nitrogens with one attached hydrogen (secondary N) is 1. The first-order chi connectivity index (χ1) is 33.4. The molecule has 0 bridgehead atoms. The summed E-state index contributed by atoms with van der Waals surface area (Å²) in [7, 11) is 0. The Labute approximate surface area is 414 Å². The molecule has 4 heterocycles. The molecule has 2 saturated carbocycles. The van der Waals surface area contributed by atoms with Crippen molar-refractivity contribution in [3.05, 3.63) is 144 Å². The highest BCUT2D eigenvalue weighted by molar-refractivity contribution is 5.89. The lowest BCUT2D eigenvalue weighted by Gasteiger charge is -2.37. The number of aromatic nitrogens is 2.